The van der Waals surface area contributed by atoms with Crippen molar-refractivity contribution in [2.24, 2.45) is 0 Å². The first kappa shape index (κ1) is 15.3. The molecule has 1 unspecified atom stereocenters. The number of benzene rings is 2. The van der Waals surface area contributed by atoms with E-state index in [1.54, 1.807) is 0 Å². The van der Waals surface area contributed by atoms with Gasteiger partial charge in [0.1, 0.15) is 6.04 Å². The molecule has 0 aliphatic heterocycles. The highest BCUT2D eigenvalue weighted by Crippen LogP contribution is 2.24. The van der Waals surface area contributed by atoms with E-state index < -0.39 is 12.0 Å². The summed E-state index contributed by atoms with van der Waals surface area (Å²) in [5, 5.41) is 10.7. The van der Waals surface area contributed by atoms with Crippen molar-refractivity contribution >= 4 is 16.9 Å². The molecule has 118 valence electrons. The molecule has 23 heavy (non-hydrogen) atoms. The van der Waals surface area contributed by atoms with Crippen molar-refractivity contribution in [2.75, 3.05) is 0 Å². The molecule has 3 aromatic rings. The minimum absolute atomic E-state index is 0.545. The quantitative estimate of drug-likeness (QED) is 0.753. The Hall–Kier alpha value is -2.55. The third-order valence-corrected chi connectivity index (χ3v) is 4.32. The molecule has 0 bridgehead atoms. The predicted octanol–water partition coefficient (Wildman–Crippen LogP) is 4.52. The van der Waals surface area contributed by atoms with E-state index in [1.165, 1.54) is 16.7 Å². The van der Waals surface area contributed by atoms with Gasteiger partial charge in [0.25, 0.3) is 0 Å². The Labute approximate surface area is 136 Å². The lowest BCUT2D eigenvalue weighted by Gasteiger charge is -2.16. The minimum atomic E-state index is -0.782. The molecule has 0 radical (unpaired) electrons. The fraction of sp³-hybridized carbons (Fsp3) is 0.250. The fourth-order valence-electron chi connectivity index (χ4n) is 2.99. The van der Waals surface area contributed by atoms with Crippen molar-refractivity contribution in [1.29, 1.82) is 0 Å². The molecule has 1 aromatic heterocycles. The van der Waals surface area contributed by atoms with E-state index in [1.807, 2.05) is 35.9 Å². The maximum Gasteiger partial charge on any atom is 0.326 e. The van der Waals surface area contributed by atoms with Crippen LogP contribution < -0.4 is 0 Å². The molecular formula is C20H21NO2. The second-order valence-corrected chi connectivity index (χ2v) is 6.16. The number of carboxylic acid groups (broad SMARTS) is 1. The highest BCUT2D eigenvalue weighted by Gasteiger charge is 2.20. The smallest absolute Gasteiger partial charge is 0.326 e. The van der Waals surface area contributed by atoms with E-state index in [0.29, 0.717) is 6.42 Å². The zero-order chi connectivity index (χ0) is 16.4. The number of fused-ring (bicyclic) bond motifs is 1. The van der Waals surface area contributed by atoms with Gasteiger partial charge in [-0.3, -0.25) is 0 Å². The van der Waals surface area contributed by atoms with Crippen molar-refractivity contribution < 1.29 is 9.90 Å². The number of carbonyl (C=O) groups is 1. The lowest BCUT2D eigenvalue weighted by atomic mass is 10.0. The molecular weight excluding hydrogens is 286 g/mol. The van der Waals surface area contributed by atoms with Crippen molar-refractivity contribution in [3.05, 3.63) is 71.4 Å². The van der Waals surface area contributed by atoms with Gasteiger partial charge in [-0.05, 0) is 55.8 Å². The molecule has 0 saturated carbocycles. The van der Waals surface area contributed by atoms with Crippen LogP contribution in [0.4, 0.5) is 0 Å². The van der Waals surface area contributed by atoms with Crippen LogP contribution in [0.15, 0.2) is 54.7 Å². The highest BCUT2D eigenvalue weighted by atomic mass is 16.4. The van der Waals surface area contributed by atoms with Gasteiger partial charge in [-0.2, -0.15) is 0 Å². The van der Waals surface area contributed by atoms with Crippen LogP contribution in [0.5, 0.6) is 0 Å². The van der Waals surface area contributed by atoms with E-state index in [2.05, 4.69) is 37.3 Å². The van der Waals surface area contributed by atoms with Gasteiger partial charge in [0.15, 0.2) is 0 Å². The zero-order valence-corrected chi connectivity index (χ0v) is 13.5. The van der Waals surface area contributed by atoms with Crippen LogP contribution in [0, 0.1) is 13.8 Å². The van der Waals surface area contributed by atoms with E-state index in [9.17, 15) is 9.90 Å². The Morgan fingerprint density at radius 3 is 2.43 bits per heavy atom. The van der Waals surface area contributed by atoms with Gasteiger partial charge < -0.3 is 9.67 Å². The van der Waals surface area contributed by atoms with Gasteiger partial charge in [0, 0.05) is 11.7 Å². The van der Waals surface area contributed by atoms with Crippen LogP contribution in [0.3, 0.4) is 0 Å². The minimum Gasteiger partial charge on any atom is -0.480 e. The molecule has 1 heterocycles. The lowest BCUT2D eigenvalue weighted by Crippen LogP contribution is -2.19. The molecule has 0 fully saturated rings. The molecule has 3 rings (SSSR count). The van der Waals surface area contributed by atoms with Gasteiger partial charge in [-0.1, -0.05) is 41.5 Å². The number of carboxylic acids is 1. The average molecular weight is 307 g/mol. The van der Waals surface area contributed by atoms with Crippen molar-refractivity contribution in [3.8, 4) is 0 Å². The number of aryl methyl sites for hydroxylation is 3. The van der Waals surface area contributed by atoms with Gasteiger partial charge in [-0.25, -0.2) is 4.79 Å². The van der Waals surface area contributed by atoms with Crippen molar-refractivity contribution in [3.63, 3.8) is 0 Å². The third kappa shape index (κ3) is 3.29. The number of hydrogen-bond donors (Lipinski definition) is 1. The average Bonchev–Trinajstić information content (AvgIpc) is 2.92. The molecule has 3 heteroatoms. The molecule has 0 aliphatic rings. The molecule has 1 atom stereocenters. The van der Waals surface area contributed by atoms with Gasteiger partial charge in [0.2, 0.25) is 0 Å². The monoisotopic (exact) mass is 307 g/mol. The summed E-state index contributed by atoms with van der Waals surface area (Å²) < 4.78 is 1.88. The molecule has 0 amide bonds. The second-order valence-electron chi connectivity index (χ2n) is 6.16. The molecule has 3 nitrogen and oxygen atoms in total. The number of aromatic nitrogens is 1. The van der Waals surface area contributed by atoms with Gasteiger partial charge in [-0.15, -0.1) is 0 Å². The predicted molar refractivity (Wildman–Crippen MR) is 92.8 cm³/mol. The third-order valence-electron chi connectivity index (χ3n) is 4.32. The Kier molecular flexibility index (Phi) is 4.20. The zero-order valence-electron chi connectivity index (χ0n) is 13.5. The number of hydrogen-bond acceptors (Lipinski definition) is 1. The maximum atomic E-state index is 11.8. The summed E-state index contributed by atoms with van der Waals surface area (Å²) in [5.41, 5.74) is 4.55. The van der Waals surface area contributed by atoms with Gasteiger partial charge >= 0.3 is 5.97 Å². The summed E-state index contributed by atoms with van der Waals surface area (Å²) in [6, 6.07) is 15.9. The van der Waals surface area contributed by atoms with Crippen molar-refractivity contribution in [2.45, 2.75) is 32.7 Å². The molecule has 2 aromatic carbocycles. The Balaban J connectivity index is 1.85. The van der Waals surface area contributed by atoms with Crippen LogP contribution in [-0.2, 0) is 11.2 Å². The Bertz CT molecular complexity index is 830. The van der Waals surface area contributed by atoms with Crippen molar-refractivity contribution in [1.82, 2.24) is 4.57 Å². The first-order valence-corrected chi connectivity index (χ1v) is 7.90. The first-order valence-electron chi connectivity index (χ1n) is 7.90. The SMILES string of the molecule is Cc1ccc(CCC(C(=O)O)n2ccc3cc(C)ccc32)cc1. The van der Waals surface area contributed by atoms with Crippen LogP contribution in [0.2, 0.25) is 0 Å². The number of aliphatic carboxylic acids is 1. The summed E-state index contributed by atoms with van der Waals surface area (Å²) in [7, 11) is 0. The van der Waals surface area contributed by atoms with E-state index in [-0.39, 0.29) is 0 Å². The van der Waals surface area contributed by atoms with Crippen LogP contribution in [-0.4, -0.2) is 15.6 Å². The lowest BCUT2D eigenvalue weighted by molar-refractivity contribution is -0.141. The first-order chi connectivity index (χ1) is 11.0. The van der Waals surface area contributed by atoms with E-state index >= 15 is 0 Å². The van der Waals surface area contributed by atoms with E-state index in [0.717, 1.165) is 17.3 Å². The van der Waals surface area contributed by atoms with Crippen LogP contribution in [0.25, 0.3) is 10.9 Å². The number of rotatable bonds is 5. The van der Waals surface area contributed by atoms with E-state index in [4.69, 9.17) is 0 Å². The maximum absolute atomic E-state index is 11.8. The largest absolute Gasteiger partial charge is 0.480 e. The summed E-state index contributed by atoms with van der Waals surface area (Å²) >= 11 is 0. The van der Waals surface area contributed by atoms with Crippen LogP contribution in [0.1, 0.15) is 29.2 Å². The fourth-order valence-corrected chi connectivity index (χ4v) is 2.99. The van der Waals surface area contributed by atoms with Gasteiger partial charge in [0.05, 0.1) is 0 Å². The Morgan fingerprint density at radius 2 is 1.74 bits per heavy atom. The molecule has 0 aliphatic carbocycles. The normalized spacial score (nSPS) is 12.4. The summed E-state index contributed by atoms with van der Waals surface area (Å²) in [4.78, 5) is 11.8. The molecule has 1 N–H and O–H groups in total. The molecule has 0 spiro atoms. The molecule has 0 saturated heterocycles. The standard InChI is InChI=1S/C20H21NO2/c1-14-3-6-16(7-4-14)8-10-19(20(22)23)21-12-11-17-13-15(2)5-9-18(17)21/h3-7,9,11-13,19H,8,10H2,1-2H3,(H,22,23). The number of nitrogens with zero attached hydrogens (tertiary/aromatic N) is 1. The summed E-state index contributed by atoms with van der Waals surface area (Å²) in [6.07, 6.45) is 3.22. The van der Waals surface area contributed by atoms with Crippen LogP contribution >= 0.6 is 0 Å². The Morgan fingerprint density at radius 1 is 1.04 bits per heavy atom. The summed E-state index contributed by atoms with van der Waals surface area (Å²) in [6.45, 7) is 4.10. The highest BCUT2D eigenvalue weighted by molar-refractivity contribution is 5.83. The second kappa shape index (κ2) is 6.29. The summed E-state index contributed by atoms with van der Waals surface area (Å²) in [5.74, 6) is -0.782. The topological polar surface area (TPSA) is 42.2 Å².